The van der Waals surface area contributed by atoms with Crippen molar-refractivity contribution in [3.63, 3.8) is 0 Å². The van der Waals surface area contributed by atoms with Crippen molar-refractivity contribution >= 4 is 33.3 Å². The van der Waals surface area contributed by atoms with E-state index in [1.807, 2.05) is 0 Å². The number of methoxy groups -OCH3 is 2. The molecule has 0 amide bonds. The van der Waals surface area contributed by atoms with Gasteiger partial charge in [-0.25, -0.2) is 0 Å². The van der Waals surface area contributed by atoms with Gasteiger partial charge < -0.3 is 15.2 Å². The Morgan fingerprint density at radius 2 is 2.00 bits per heavy atom. The summed E-state index contributed by atoms with van der Waals surface area (Å²) in [7, 11) is 2.92. The molecule has 0 saturated heterocycles. The van der Waals surface area contributed by atoms with E-state index in [1.165, 1.54) is 14.2 Å². The zero-order valence-corrected chi connectivity index (χ0v) is 11.2. The lowest BCUT2D eigenvalue weighted by Gasteiger charge is -2.14. The molecular formula is C10H11BrClNO3. The molecule has 0 atom stereocenters. The van der Waals surface area contributed by atoms with Gasteiger partial charge in [0.25, 0.3) is 0 Å². The van der Waals surface area contributed by atoms with Crippen LogP contribution >= 0.6 is 27.5 Å². The highest BCUT2D eigenvalue weighted by Crippen LogP contribution is 2.42. The molecule has 4 nitrogen and oxygen atoms in total. The molecule has 0 spiro atoms. The van der Waals surface area contributed by atoms with Gasteiger partial charge in [-0.2, -0.15) is 0 Å². The number of hydrogen-bond donors (Lipinski definition) is 1. The van der Waals surface area contributed by atoms with Crippen LogP contribution in [-0.2, 0) is 0 Å². The van der Waals surface area contributed by atoms with Crippen molar-refractivity contribution in [1.82, 2.24) is 0 Å². The number of ether oxygens (including phenoxy) is 2. The molecular weight excluding hydrogens is 297 g/mol. The highest BCUT2D eigenvalue weighted by molar-refractivity contribution is 9.10. The number of rotatable bonds is 4. The standard InChI is InChI=1S/C10H11BrClNO3/c1-15-9-5(11)3-6(12)8(7(14)4-13)10(9)16-2/h3H,4,13H2,1-2H3. The predicted octanol–water partition coefficient (Wildman–Crippen LogP) is 2.26. The quantitative estimate of drug-likeness (QED) is 0.867. The van der Waals surface area contributed by atoms with Gasteiger partial charge in [-0.15, -0.1) is 0 Å². The van der Waals surface area contributed by atoms with Crippen molar-refractivity contribution in [3.8, 4) is 11.5 Å². The average Bonchev–Trinajstić information content (AvgIpc) is 2.27. The molecule has 88 valence electrons. The predicted molar refractivity (Wildman–Crippen MR) is 65.6 cm³/mol. The third kappa shape index (κ3) is 2.31. The SMILES string of the molecule is COc1c(Br)cc(Cl)c(C(=O)CN)c1OC. The zero-order valence-electron chi connectivity index (χ0n) is 8.84. The van der Waals surface area contributed by atoms with Gasteiger partial charge in [-0.3, -0.25) is 4.79 Å². The number of carbonyl (C=O) groups is 1. The van der Waals surface area contributed by atoms with E-state index in [-0.39, 0.29) is 28.7 Å². The van der Waals surface area contributed by atoms with E-state index in [4.69, 9.17) is 26.8 Å². The highest BCUT2D eigenvalue weighted by Gasteiger charge is 2.22. The van der Waals surface area contributed by atoms with Gasteiger partial charge in [-0.1, -0.05) is 11.6 Å². The molecule has 16 heavy (non-hydrogen) atoms. The summed E-state index contributed by atoms with van der Waals surface area (Å²) in [4.78, 5) is 11.6. The molecule has 0 saturated carbocycles. The number of Topliss-reactive ketones (excluding diaryl/α,β-unsaturated/α-hetero) is 1. The maximum Gasteiger partial charge on any atom is 0.181 e. The first-order chi connectivity index (χ1) is 7.56. The molecule has 0 aliphatic rings. The lowest BCUT2D eigenvalue weighted by Crippen LogP contribution is -2.15. The molecule has 0 aliphatic heterocycles. The molecule has 0 radical (unpaired) electrons. The van der Waals surface area contributed by atoms with Crippen molar-refractivity contribution in [2.75, 3.05) is 20.8 Å². The summed E-state index contributed by atoms with van der Waals surface area (Å²) < 4.78 is 10.9. The number of hydrogen-bond acceptors (Lipinski definition) is 4. The van der Waals surface area contributed by atoms with Gasteiger partial charge in [0.2, 0.25) is 0 Å². The lowest BCUT2D eigenvalue weighted by atomic mass is 10.1. The van der Waals surface area contributed by atoms with Crippen molar-refractivity contribution in [1.29, 1.82) is 0 Å². The van der Waals surface area contributed by atoms with Gasteiger partial charge >= 0.3 is 0 Å². The Labute approximate surface area is 107 Å². The molecule has 0 aromatic heterocycles. The number of carbonyl (C=O) groups excluding carboxylic acids is 1. The van der Waals surface area contributed by atoms with Crippen LogP contribution in [0.1, 0.15) is 10.4 Å². The Morgan fingerprint density at radius 3 is 2.44 bits per heavy atom. The maximum absolute atomic E-state index is 11.6. The Bertz CT molecular complexity index is 423. The van der Waals surface area contributed by atoms with Crippen LogP contribution in [0.3, 0.4) is 0 Å². The topological polar surface area (TPSA) is 61.5 Å². The van der Waals surface area contributed by atoms with Crippen molar-refractivity contribution in [2.45, 2.75) is 0 Å². The zero-order chi connectivity index (χ0) is 12.3. The number of ketones is 1. The fraction of sp³-hybridized carbons (Fsp3) is 0.300. The molecule has 0 unspecified atom stereocenters. The smallest absolute Gasteiger partial charge is 0.181 e. The summed E-state index contributed by atoms with van der Waals surface area (Å²) in [6.07, 6.45) is 0. The van der Waals surface area contributed by atoms with E-state index >= 15 is 0 Å². The van der Waals surface area contributed by atoms with Crippen LogP contribution in [-0.4, -0.2) is 26.5 Å². The summed E-state index contributed by atoms with van der Waals surface area (Å²) in [5.74, 6) is 0.411. The Balaban J connectivity index is 3.52. The van der Waals surface area contributed by atoms with Gasteiger partial charge in [-0.05, 0) is 22.0 Å². The first-order valence-corrected chi connectivity index (χ1v) is 5.57. The summed E-state index contributed by atoms with van der Waals surface area (Å²) in [6.45, 7) is -0.138. The normalized spacial score (nSPS) is 10.1. The summed E-state index contributed by atoms with van der Waals surface area (Å²) in [5.41, 5.74) is 5.55. The average molecular weight is 309 g/mol. The second-order valence-electron chi connectivity index (χ2n) is 2.91. The summed E-state index contributed by atoms with van der Waals surface area (Å²) in [5, 5.41) is 0.278. The Kier molecular flexibility index (Phi) is 4.58. The largest absolute Gasteiger partial charge is 0.492 e. The minimum Gasteiger partial charge on any atom is -0.492 e. The molecule has 1 rings (SSSR count). The van der Waals surface area contributed by atoms with Crippen LogP contribution in [0.2, 0.25) is 5.02 Å². The van der Waals surface area contributed by atoms with Crippen LogP contribution in [0.5, 0.6) is 11.5 Å². The second-order valence-corrected chi connectivity index (χ2v) is 4.17. The van der Waals surface area contributed by atoms with Gasteiger partial charge in [0.15, 0.2) is 17.3 Å². The Hall–Kier alpha value is -0.780. The molecule has 0 aliphatic carbocycles. The Morgan fingerprint density at radius 1 is 1.44 bits per heavy atom. The van der Waals surface area contributed by atoms with E-state index < -0.39 is 0 Å². The number of halogens is 2. The summed E-state index contributed by atoms with van der Waals surface area (Å²) in [6, 6.07) is 1.58. The first kappa shape index (κ1) is 13.3. The minimum absolute atomic E-state index is 0.138. The van der Waals surface area contributed by atoms with Crippen LogP contribution < -0.4 is 15.2 Å². The number of nitrogens with two attached hydrogens (primary N) is 1. The molecule has 2 N–H and O–H groups in total. The van der Waals surface area contributed by atoms with E-state index in [0.29, 0.717) is 10.2 Å². The summed E-state index contributed by atoms with van der Waals surface area (Å²) >= 11 is 9.25. The maximum atomic E-state index is 11.6. The molecule has 0 bridgehead atoms. The van der Waals surface area contributed by atoms with Gasteiger partial charge in [0, 0.05) is 0 Å². The second kappa shape index (κ2) is 5.52. The van der Waals surface area contributed by atoms with Crippen LogP contribution in [0.15, 0.2) is 10.5 Å². The van der Waals surface area contributed by atoms with E-state index in [2.05, 4.69) is 15.9 Å². The van der Waals surface area contributed by atoms with Crippen molar-refractivity contribution < 1.29 is 14.3 Å². The van der Waals surface area contributed by atoms with Gasteiger partial charge in [0.05, 0.1) is 35.8 Å². The van der Waals surface area contributed by atoms with Crippen LogP contribution in [0.25, 0.3) is 0 Å². The first-order valence-electron chi connectivity index (χ1n) is 4.40. The molecule has 1 aromatic carbocycles. The fourth-order valence-corrected chi connectivity index (χ4v) is 2.33. The fourth-order valence-electron chi connectivity index (χ4n) is 1.33. The minimum atomic E-state index is -0.298. The highest BCUT2D eigenvalue weighted by atomic mass is 79.9. The van der Waals surface area contributed by atoms with Gasteiger partial charge in [0.1, 0.15) is 0 Å². The molecule has 0 heterocycles. The molecule has 0 fully saturated rings. The van der Waals surface area contributed by atoms with E-state index in [9.17, 15) is 4.79 Å². The van der Waals surface area contributed by atoms with E-state index in [0.717, 1.165) is 0 Å². The molecule has 6 heteroatoms. The molecule has 1 aromatic rings. The van der Waals surface area contributed by atoms with E-state index in [1.54, 1.807) is 6.07 Å². The number of benzene rings is 1. The van der Waals surface area contributed by atoms with Crippen molar-refractivity contribution in [2.24, 2.45) is 5.73 Å². The van der Waals surface area contributed by atoms with Crippen LogP contribution in [0.4, 0.5) is 0 Å². The third-order valence-corrected chi connectivity index (χ3v) is 2.90. The monoisotopic (exact) mass is 307 g/mol. The van der Waals surface area contributed by atoms with Crippen LogP contribution in [0, 0.1) is 0 Å². The lowest BCUT2D eigenvalue weighted by molar-refractivity contribution is 0.0998. The van der Waals surface area contributed by atoms with Crippen molar-refractivity contribution in [3.05, 3.63) is 21.1 Å². The third-order valence-electron chi connectivity index (χ3n) is 2.01.